The van der Waals surface area contributed by atoms with E-state index in [9.17, 15) is 0 Å². The summed E-state index contributed by atoms with van der Waals surface area (Å²) in [4.78, 5) is 2.56. The molecule has 0 bridgehead atoms. The van der Waals surface area contributed by atoms with E-state index in [0.29, 0.717) is 12.1 Å². The molecule has 102 valence electrons. The van der Waals surface area contributed by atoms with Crippen LogP contribution in [0.15, 0.2) is 6.20 Å². The summed E-state index contributed by atoms with van der Waals surface area (Å²) >= 11 is 0. The van der Waals surface area contributed by atoms with Gasteiger partial charge in [0, 0.05) is 38.4 Å². The van der Waals surface area contributed by atoms with Gasteiger partial charge in [-0.05, 0) is 33.1 Å². The maximum atomic E-state index is 4.48. The number of piperidine rings is 1. The number of likely N-dealkylation sites (tertiary alicyclic amines) is 1. The number of rotatable bonds is 4. The average Bonchev–Trinajstić information content (AvgIpc) is 2.70. The van der Waals surface area contributed by atoms with Crippen LogP contribution in [-0.2, 0) is 13.5 Å². The van der Waals surface area contributed by atoms with Gasteiger partial charge in [0.25, 0.3) is 0 Å². The van der Waals surface area contributed by atoms with Crippen LogP contribution < -0.4 is 5.32 Å². The molecule has 4 nitrogen and oxygen atoms in total. The molecule has 0 atom stereocenters. The molecule has 1 N–H and O–H groups in total. The Kier molecular flexibility index (Phi) is 4.27. The third-order valence-electron chi connectivity index (χ3n) is 3.86. The summed E-state index contributed by atoms with van der Waals surface area (Å²) < 4.78 is 1.91. The summed E-state index contributed by atoms with van der Waals surface area (Å²) in [7, 11) is 1.99. The van der Waals surface area contributed by atoms with Crippen molar-refractivity contribution in [1.29, 1.82) is 0 Å². The third kappa shape index (κ3) is 3.05. The summed E-state index contributed by atoms with van der Waals surface area (Å²) in [6.07, 6.45) is 5.56. The number of hydrogen-bond donors (Lipinski definition) is 1. The topological polar surface area (TPSA) is 33.1 Å². The number of hydrogen-bond acceptors (Lipinski definition) is 3. The fraction of sp³-hybridized carbons (Fsp3) is 0.786. The minimum atomic E-state index is 0.606. The molecule has 1 aromatic rings. The average molecular weight is 250 g/mol. The normalized spacial score (nSPS) is 18.5. The Bertz CT molecular complexity index is 375. The molecule has 1 aliphatic heterocycles. The molecule has 0 spiro atoms. The Morgan fingerprint density at radius 1 is 1.39 bits per heavy atom. The van der Waals surface area contributed by atoms with Crippen molar-refractivity contribution in [1.82, 2.24) is 14.7 Å². The van der Waals surface area contributed by atoms with Gasteiger partial charge in [0.15, 0.2) is 0 Å². The highest BCUT2D eigenvalue weighted by atomic mass is 15.3. The first-order valence-electron chi connectivity index (χ1n) is 7.13. The maximum Gasteiger partial charge on any atom is 0.0853 e. The van der Waals surface area contributed by atoms with Crippen molar-refractivity contribution >= 4 is 5.69 Å². The fourth-order valence-electron chi connectivity index (χ4n) is 2.70. The molecule has 1 saturated heterocycles. The van der Waals surface area contributed by atoms with Crippen molar-refractivity contribution in [3.05, 3.63) is 11.9 Å². The van der Waals surface area contributed by atoms with Crippen LogP contribution in [0.3, 0.4) is 0 Å². The molecule has 0 aliphatic carbocycles. The highest BCUT2D eigenvalue weighted by Gasteiger charge is 2.21. The van der Waals surface area contributed by atoms with E-state index in [1.54, 1.807) is 0 Å². The van der Waals surface area contributed by atoms with E-state index in [4.69, 9.17) is 0 Å². The van der Waals surface area contributed by atoms with Gasteiger partial charge in [-0.25, -0.2) is 0 Å². The second-order valence-electron chi connectivity index (χ2n) is 5.57. The predicted molar refractivity (Wildman–Crippen MR) is 75.9 cm³/mol. The first-order chi connectivity index (χ1) is 8.60. The summed E-state index contributed by atoms with van der Waals surface area (Å²) in [6, 6.07) is 1.28. The highest BCUT2D eigenvalue weighted by molar-refractivity contribution is 5.47. The Morgan fingerprint density at radius 3 is 2.61 bits per heavy atom. The van der Waals surface area contributed by atoms with Crippen LogP contribution in [0, 0.1) is 0 Å². The van der Waals surface area contributed by atoms with Crippen molar-refractivity contribution in [3.63, 3.8) is 0 Å². The molecular formula is C14H26N4. The van der Waals surface area contributed by atoms with Gasteiger partial charge >= 0.3 is 0 Å². The van der Waals surface area contributed by atoms with Gasteiger partial charge in [0.1, 0.15) is 0 Å². The quantitative estimate of drug-likeness (QED) is 0.890. The van der Waals surface area contributed by atoms with E-state index >= 15 is 0 Å². The molecule has 2 heterocycles. The van der Waals surface area contributed by atoms with Crippen LogP contribution in [-0.4, -0.2) is 39.9 Å². The Labute approximate surface area is 110 Å². The molecule has 0 aromatic carbocycles. The third-order valence-corrected chi connectivity index (χ3v) is 3.86. The molecule has 18 heavy (non-hydrogen) atoms. The summed E-state index contributed by atoms with van der Waals surface area (Å²) in [5, 5.41) is 8.15. The monoisotopic (exact) mass is 250 g/mol. The number of anilines is 1. The maximum absolute atomic E-state index is 4.48. The first-order valence-corrected chi connectivity index (χ1v) is 7.13. The van der Waals surface area contributed by atoms with Crippen molar-refractivity contribution in [3.8, 4) is 0 Å². The Hall–Kier alpha value is -1.03. The smallest absolute Gasteiger partial charge is 0.0853 e. The number of aromatic nitrogens is 2. The van der Waals surface area contributed by atoms with Crippen LogP contribution >= 0.6 is 0 Å². The zero-order chi connectivity index (χ0) is 13.1. The molecular weight excluding hydrogens is 224 g/mol. The summed E-state index contributed by atoms with van der Waals surface area (Å²) in [5.41, 5.74) is 2.41. The zero-order valence-corrected chi connectivity index (χ0v) is 12.1. The highest BCUT2D eigenvalue weighted by Crippen LogP contribution is 2.20. The van der Waals surface area contributed by atoms with Gasteiger partial charge in [-0.1, -0.05) is 6.92 Å². The van der Waals surface area contributed by atoms with Crippen LogP contribution in [0.1, 0.15) is 39.3 Å². The van der Waals surface area contributed by atoms with Gasteiger partial charge in [-0.2, -0.15) is 5.10 Å². The summed E-state index contributed by atoms with van der Waals surface area (Å²) in [6.45, 7) is 9.14. The minimum absolute atomic E-state index is 0.606. The lowest BCUT2D eigenvalue weighted by Crippen LogP contribution is -2.42. The molecule has 0 saturated carbocycles. The molecule has 4 heteroatoms. The molecule has 1 aliphatic rings. The van der Waals surface area contributed by atoms with Crippen LogP contribution in [0.5, 0.6) is 0 Å². The molecule has 1 aromatic heterocycles. The van der Waals surface area contributed by atoms with E-state index in [1.807, 2.05) is 11.7 Å². The van der Waals surface area contributed by atoms with Crippen molar-refractivity contribution < 1.29 is 0 Å². The lowest BCUT2D eigenvalue weighted by atomic mass is 10.0. The lowest BCUT2D eigenvalue weighted by molar-refractivity contribution is 0.177. The molecule has 0 amide bonds. The molecule has 0 radical (unpaired) electrons. The second-order valence-corrected chi connectivity index (χ2v) is 5.57. The number of aryl methyl sites for hydroxylation is 2. The van der Waals surface area contributed by atoms with Gasteiger partial charge in [0.05, 0.1) is 11.4 Å². The zero-order valence-electron chi connectivity index (χ0n) is 12.1. The van der Waals surface area contributed by atoms with E-state index in [-0.39, 0.29) is 0 Å². The predicted octanol–water partition coefficient (Wildman–Crippen LogP) is 2.27. The van der Waals surface area contributed by atoms with E-state index in [2.05, 4.69) is 42.3 Å². The first kappa shape index (κ1) is 13.4. The van der Waals surface area contributed by atoms with Gasteiger partial charge in [0.2, 0.25) is 0 Å². The van der Waals surface area contributed by atoms with Crippen molar-refractivity contribution in [2.75, 3.05) is 18.4 Å². The van der Waals surface area contributed by atoms with E-state index < -0.39 is 0 Å². The molecule has 2 rings (SSSR count). The van der Waals surface area contributed by atoms with E-state index in [1.165, 1.54) is 37.3 Å². The van der Waals surface area contributed by atoms with Gasteiger partial charge in [-0.15, -0.1) is 0 Å². The second kappa shape index (κ2) is 5.74. The van der Waals surface area contributed by atoms with Gasteiger partial charge < -0.3 is 10.2 Å². The van der Waals surface area contributed by atoms with Gasteiger partial charge in [-0.3, -0.25) is 4.68 Å². The van der Waals surface area contributed by atoms with Crippen LogP contribution in [0.2, 0.25) is 0 Å². The number of nitrogens with zero attached hydrogens (tertiary/aromatic N) is 3. The lowest BCUT2D eigenvalue weighted by Gasteiger charge is -2.35. The molecule has 1 fully saturated rings. The van der Waals surface area contributed by atoms with Crippen LogP contribution in [0.25, 0.3) is 0 Å². The largest absolute Gasteiger partial charge is 0.379 e. The standard InChI is InChI=1S/C14H26N4/c1-5-13-14(10-17(4)16-13)15-12-6-8-18(9-7-12)11(2)3/h10-12,15H,5-9H2,1-4H3. The van der Waals surface area contributed by atoms with Crippen molar-refractivity contribution in [2.24, 2.45) is 7.05 Å². The molecule has 0 unspecified atom stereocenters. The summed E-state index contributed by atoms with van der Waals surface area (Å²) in [5.74, 6) is 0. The van der Waals surface area contributed by atoms with Crippen LogP contribution in [0.4, 0.5) is 5.69 Å². The van der Waals surface area contributed by atoms with E-state index in [0.717, 1.165) is 6.42 Å². The SMILES string of the molecule is CCc1nn(C)cc1NC1CCN(C(C)C)CC1. The minimum Gasteiger partial charge on any atom is -0.379 e. The Morgan fingerprint density at radius 2 is 2.06 bits per heavy atom. The Balaban J connectivity index is 1.91. The van der Waals surface area contributed by atoms with Crippen molar-refractivity contribution in [2.45, 2.75) is 52.1 Å². The number of nitrogens with one attached hydrogen (secondary N) is 1. The fourth-order valence-corrected chi connectivity index (χ4v) is 2.70.